The van der Waals surface area contributed by atoms with Crippen molar-refractivity contribution in [2.75, 3.05) is 13.1 Å². The van der Waals surface area contributed by atoms with Gasteiger partial charge in [-0.2, -0.15) is 0 Å². The number of nitrogens with one attached hydrogen (secondary N) is 1. The molecule has 1 aliphatic heterocycles. The van der Waals surface area contributed by atoms with Crippen LogP contribution in [-0.2, 0) is 4.79 Å². The highest BCUT2D eigenvalue weighted by atomic mass is 35.5. The molecular weight excluding hydrogens is 299 g/mol. The lowest BCUT2D eigenvalue weighted by atomic mass is 10.0. The Hall–Kier alpha value is -1.26. The second kappa shape index (κ2) is 6.95. The van der Waals surface area contributed by atoms with Gasteiger partial charge in [-0.3, -0.25) is 9.59 Å². The molecule has 2 rings (SSSR count). The van der Waals surface area contributed by atoms with Gasteiger partial charge in [-0.25, -0.2) is 0 Å². The molecule has 1 aliphatic rings. The van der Waals surface area contributed by atoms with Crippen LogP contribution in [0.3, 0.4) is 0 Å². The summed E-state index contributed by atoms with van der Waals surface area (Å²) in [5, 5.41) is 2.98. The summed E-state index contributed by atoms with van der Waals surface area (Å²) in [5.74, 6) is -0.343. The van der Waals surface area contributed by atoms with Gasteiger partial charge in [0.05, 0.1) is 0 Å². The summed E-state index contributed by atoms with van der Waals surface area (Å²) in [6, 6.07) is 9.17. The van der Waals surface area contributed by atoms with Gasteiger partial charge in [0.2, 0.25) is 0 Å². The monoisotopic (exact) mass is 314 g/mol. The van der Waals surface area contributed by atoms with Crippen molar-refractivity contribution in [3.05, 3.63) is 35.9 Å². The molecule has 4 nitrogen and oxygen atoms in total. The number of carbonyl (C=O) groups is 2. The van der Waals surface area contributed by atoms with Crippen LogP contribution in [-0.4, -0.2) is 40.7 Å². The summed E-state index contributed by atoms with van der Waals surface area (Å²) < 4.78 is 0. The zero-order valence-electron chi connectivity index (χ0n) is 10.9. The number of carbonyl (C=O) groups excluding carboxylic acids is 2. The molecule has 0 bridgehead atoms. The van der Waals surface area contributed by atoms with Crippen molar-refractivity contribution in [2.45, 2.75) is 23.7 Å². The molecule has 0 aromatic heterocycles. The quantitative estimate of drug-likeness (QED) is 0.870. The Kier molecular flexibility index (Phi) is 5.26. The Morgan fingerprint density at radius 1 is 1.15 bits per heavy atom. The molecule has 0 saturated carbocycles. The highest BCUT2D eigenvalue weighted by Gasteiger charge is 2.26. The van der Waals surface area contributed by atoms with Gasteiger partial charge in [0.15, 0.2) is 4.84 Å². The van der Waals surface area contributed by atoms with Crippen molar-refractivity contribution < 1.29 is 9.59 Å². The van der Waals surface area contributed by atoms with Crippen molar-refractivity contribution in [1.29, 1.82) is 0 Å². The summed E-state index contributed by atoms with van der Waals surface area (Å²) in [5.41, 5.74) is 0.646. The number of amides is 2. The molecule has 108 valence electrons. The fourth-order valence-electron chi connectivity index (χ4n) is 2.24. The van der Waals surface area contributed by atoms with E-state index in [1.54, 1.807) is 17.0 Å². The lowest BCUT2D eigenvalue weighted by Gasteiger charge is -2.32. The minimum absolute atomic E-state index is 0.0795. The lowest BCUT2D eigenvalue weighted by molar-refractivity contribution is -0.130. The summed E-state index contributed by atoms with van der Waals surface area (Å²) in [6.45, 7) is 1.13. The van der Waals surface area contributed by atoms with E-state index in [9.17, 15) is 9.59 Å². The number of nitrogens with zero attached hydrogens (tertiary/aromatic N) is 1. The molecule has 0 aliphatic carbocycles. The molecule has 20 heavy (non-hydrogen) atoms. The molecule has 0 atom stereocenters. The number of benzene rings is 1. The van der Waals surface area contributed by atoms with E-state index in [1.807, 2.05) is 18.2 Å². The van der Waals surface area contributed by atoms with Gasteiger partial charge in [0.1, 0.15) is 0 Å². The number of alkyl halides is 2. The Labute approximate surface area is 128 Å². The number of piperidine rings is 1. The molecule has 1 N–H and O–H groups in total. The molecule has 1 fully saturated rings. The van der Waals surface area contributed by atoms with E-state index >= 15 is 0 Å². The van der Waals surface area contributed by atoms with Gasteiger partial charge >= 0.3 is 0 Å². The van der Waals surface area contributed by atoms with Gasteiger partial charge in [0.25, 0.3) is 11.8 Å². The third kappa shape index (κ3) is 3.87. The van der Waals surface area contributed by atoms with Crippen LogP contribution in [0.15, 0.2) is 30.3 Å². The maximum atomic E-state index is 12.0. The van der Waals surface area contributed by atoms with Crippen molar-refractivity contribution in [2.24, 2.45) is 0 Å². The second-order valence-electron chi connectivity index (χ2n) is 4.74. The molecule has 0 radical (unpaired) electrons. The van der Waals surface area contributed by atoms with Crippen LogP contribution >= 0.6 is 23.2 Å². The van der Waals surface area contributed by atoms with Gasteiger partial charge < -0.3 is 10.2 Å². The highest BCUT2D eigenvalue weighted by Crippen LogP contribution is 2.15. The van der Waals surface area contributed by atoms with E-state index < -0.39 is 4.84 Å². The van der Waals surface area contributed by atoms with Gasteiger partial charge in [0, 0.05) is 24.7 Å². The lowest BCUT2D eigenvalue weighted by Crippen LogP contribution is -2.47. The van der Waals surface area contributed by atoms with Crippen molar-refractivity contribution in [1.82, 2.24) is 10.2 Å². The number of hydrogen-bond acceptors (Lipinski definition) is 2. The Bertz CT molecular complexity index is 471. The fourth-order valence-corrected chi connectivity index (χ4v) is 2.52. The van der Waals surface area contributed by atoms with Crippen molar-refractivity contribution in [3.63, 3.8) is 0 Å². The number of likely N-dealkylation sites (tertiary alicyclic amines) is 1. The van der Waals surface area contributed by atoms with E-state index in [-0.39, 0.29) is 17.9 Å². The predicted molar refractivity (Wildman–Crippen MR) is 79.0 cm³/mol. The van der Waals surface area contributed by atoms with Gasteiger partial charge in [-0.1, -0.05) is 41.4 Å². The van der Waals surface area contributed by atoms with E-state index in [0.717, 1.165) is 0 Å². The average Bonchev–Trinajstić information content (AvgIpc) is 2.48. The molecule has 0 unspecified atom stereocenters. The molecular formula is C14H16Cl2N2O2. The summed E-state index contributed by atoms with van der Waals surface area (Å²) in [6.07, 6.45) is 1.43. The minimum Gasteiger partial charge on any atom is -0.349 e. The zero-order valence-corrected chi connectivity index (χ0v) is 12.4. The first-order valence-corrected chi connectivity index (χ1v) is 7.38. The molecule has 1 heterocycles. The first kappa shape index (κ1) is 15.1. The average molecular weight is 315 g/mol. The van der Waals surface area contributed by atoms with Crippen molar-refractivity contribution >= 4 is 35.0 Å². The van der Waals surface area contributed by atoms with Crippen LogP contribution in [0.2, 0.25) is 0 Å². The fraction of sp³-hybridized carbons (Fsp3) is 0.429. The maximum Gasteiger partial charge on any atom is 0.255 e. The smallest absolute Gasteiger partial charge is 0.255 e. The molecule has 1 saturated heterocycles. The van der Waals surface area contributed by atoms with E-state index in [1.165, 1.54) is 0 Å². The van der Waals surface area contributed by atoms with Crippen LogP contribution < -0.4 is 5.32 Å². The molecule has 1 aromatic rings. The normalized spacial score (nSPS) is 16.2. The zero-order chi connectivity index (χ0) is 14.5. The number of hydrogen-bond donors (Lipinski definition) is 1. The van der Waals surface area contributed by atoms with Crippen molar-refractivity contribution in [3.8, 4) is 0 Å². The summed E-state index contributed by atoms with van der Waals surface area (Å²) in [7, 11) is 0. The van der Waals surface area contributed by atoms with E-state index in [4.69, 9.17) is 23.2 Å². The third-order valence-electron chi connectivity index (χ3n) is 3.36. The minimum atomic E-state index is -1.01. The van der Waals surface area contributed by atoms with Crippen LogP contribution in [0.5, 0.6) is 0 Å². The van der Waals surface area contributed by atoms with Gasteiger partial charge in [-0.15, -0.1) is 0 Å². The first-order valence-electron chi connectivity index (χ1n) is 6.51. The molecule has 0 spiro atoms. The second-order valence-corrected chi connectivity index (χ2v) is 5.84. The SMILES string of the molecule is O=C(NC1CCN(C(=O)C(Cl)Cl)CC1)c1ccccc1. The van der Waals surface area contributed by atoms with Crippen LogP contribution in [0.4, 0.5) is 0 Å². The van der Waals surface area contributed by atoms with E-state index in [0.29, 0.717) is 31.5 Å². The molecule has 2 amide bonds. The standard InChI is InChI=1S/C14H16Cl2N2O2/c15-12(16)14(20)18-8-6-11(7-9-18)17-13(19)10-4-2-1-3-5-10/h1-5,11-12H,6-9H2,(H,17,19). The summed E-state index contributed by atoms with van der Waals surface area (Å²) >= 11 is 11.1. The van der Waals surface area contributed by atoms with Gasteiger partial charge in [-0.05, 0) is 25.0 Å². The number of halogens is 2. The summed E-state index contributed by atoms with van der Waals surface area (Å²) in [4.78, 5) is 24.3. The van der Waals surface area contributed by atoms with Crippen LogP contribution in [0.1, 0.15) is 23.2 Å². The Morgan fingerprint density at radius 3 is 2.30 bits per heavy atom. The third-order valence-corrected chi connectivity index (χ3v) is 3.74. The Morgan fingerprint density at radius 2 is 1.75 bits per heavy atom. The van der Waals surface area contributed by atoms with Crippen LogP contribution in [0, 0.1) is 0 Å². The topological polar surface area (TPSA) is 49.4 Å². The maximum absolute atomic E-state index is 12.0. The first-order chi connectivity index (χ1) is 9.58. The Balaban J connectivity index is 1.83. The molecule has 6 heteroatoms. The number of rotatable bonds is 3. The predicted octanol–water partition coefficient (Wildman–Crippen LogP) is 2.21. The highest BCUT2D eigenvalue weighted by molar-refractivity contribution is 6.53. The van der Waals surface area contributed by atoms with Crippen LogP contribution in [0.25, 0.3) is 0 Å². The molecule has 1 aromatic carbocycles. The van der Waals surface area contributed by atoms with E-state index in [2.05, 4.69) is 5.32 Å². The largest absolute Gasteiger partial charge is 0.349 e.